The predicted octanol–water partition coefficient (Wildman–Crippen LogP) is -1.21. The molecule has 0 saturated carbocycles. The maximum absolute atomic E-state index is 12.7. The highest BCUT2D eigenvalue weighted by Gasteiger charge is 2.26. The largest absolute Gasteiger partial charge is 0.394 e. The van der Waals surface area contributed by atoms with Gasteiger partial charge in [0.15, 0.2) is 13.6 Å². The van der Waals surface area contributed by atoms with E-state index in [4.69, 9.17) is 18.1 Å². The third-order valence-corrected chi connectivity index (χ3v) is 1.13. The maximum Gasteiger partial charge on any atom is 0.183 e. The van der Waals surface area contributed by atoms with Crippen molar-refractivity contribution in [2.75, 3.05) is 26.9 Å². The van der Waals surface area contributed by atoms with Gasteiger partial charge >= 0.3 is 0 Å². The van der Waals surface area contributed by atoms with Crippen LogP contribution in [0.4, 0.5) is 4.39 Å². The lowest BCUT2D eigenvalue weighted by molar-refractivity contribution is -0.166. The van der Waals surface area contributed by atoms with Gasteiger partial charge in [0.2, 0.25) is 0 Å². The van der Waals surface area contributed by atoms with Gasteiger partial charge in [0.1, 0.15) is 6.10 Å². The minimum atomic E-state index is -2.62. The predicted molar refractivity (Wildman–Crippen MR) is 40.5 cm³/mol. The van der Waals surface area contributed by atoms with Crippen LogP contribution in [0.15, 0.2) is 0 Å². The van der Waals surface area contributed by atoms with Gasteiger partial charge in [-0.25, -0.2) is 4.39 Å². The number of methoxy groups -OCH3 is 1. The molecule has 2 N–H and O–H groups in total. The van der Waals surface area contributed by atoms with Crippen molar-refractivity contribution in [3.05, 3.63) is 0 Å². The molecule has 0 bridgehead atoms. The molecule has 0 rings (SSSR count). The fourth-order valence-corrected chi connectivity index (χ4v) is 0.624. The van der Waals surface area contributed by atoms with Gasteiger partial charge in [-0.1, -0.05) is 0 Å². The minimum absolute atomic E-state index is 0.0133. The Kier molecular flexibility index (Phi) is 5.40. The lowest BCUT2D eigenvalue weighted by Crippen LogP contribution is -2.39. The van der Waals surface area contributed by atoms with Crippen molar-refractivity contribution in [1.29, 1.82) is 0 Å². The standard InChI is InChI=1S/C6H12BFO4/c1-11-3-5(2-9)12-6(7,8)4-10/h5,9-10H,2-4H2,1H3/t5-,6-/m1/s1. The van der Waals surface area contributed by atoms with Crippen molar-refractivity contribution in [3.8, 4) is 0 Å². The first-order chi connectivity index (χ1) is 5.55. The number of aliphatic hydroxyl groups excluding tert-OH is 2. The Morgan fingerprint density at radius 2 is 2.17 bits per heavy atom. The first-order valence-corrected chi connectivity index (χ1v) is 3.42. The monoisotopic (exact) mass is 178 g/mol. The molecule has 6 heteroatoms. The zero-order valence-electron chi connectivity index (χ0n) is 6.86. The summed E-state index contributed by atoms with van der Waals surface area (Å²) in [6.07, 6.45) is -0.864. The number of alkyl halides is 1. The zero-order valence-corrected chi connectivity index (χ0v) is 6.86. The molecule has 12 heavy (non-hydrogen) atoms. The van der Waals surface area contributed by atoms with Crippen LogP contribution in [0.3, 0.4) is 0 Å². The first-order valence-electron chi connectivity index (χ1n) is 3.42. The van der Waals surface area contributed by atoms with E-state index in [1.165, 1.54) is 7.11 Å². The van der Waals surface area contributed by atoms with Crippen molar-refractivity contribution in [2.24, 2.45) is 0 Å². The summed E-state index contributed by atoms with van der Waals surface area (Å²) in [5.74, 6) is -2.62. The summed E-state index contributed by atoms with van der Waals surface area (Å²) in [5.41, 5.74) is 0. The average molecular weight is 178 g/mol. The second-order valence-electron chi connectivity index (χ2n) is 2.32. The van der Waals surface area contributed by atoms with Crippen molar-refractivity contribution in [1.82, 2.24) is 0 Å². The van der Waals surface area contributed by atoms with Crippen molar-refractivity contribution < 1.29 is 24.1 Å². The molecule has 0 heterocycles. The van der Waals surface area contributed by atoms with Gasteiger partial charge < -0.3 is 19.7 Å². The number of aliphatic hydroxyl groups is 2. The minimum Gasteiger partial charge on any atom is -0.394 e. The van der Waals surface area contributed by atoms with Crippen LogP contribution in [0.2, 0.25) is 0 Å². The number of ether oxygens (including phenoxy) is 2. The van der Waals surface area contributed by atoms with E-state index in [1.807, 2.05) is 0 Å². The summed E-state index contributed by atoms with van der Waals surface area (Å²) < 4.78 is 21.8. The van der Waals surface area contributed by atoms with E-state index < -0.39 is 25.1 Å². The fraction of sp³-hybridized carbons (Fsp3) is 1.00. The third-order valence-electron chi connectivity index (χ3n) is 1.13. The normalized spacial score (nSPS) is 18.7. The molecule has 0 aliphatic heterocycles. The van der Waals surface area contributed by atoms with Crippen LogP contribution in [0, 0.1) is 0 Å². The number of hydrogen-bond acceptors (Lipinski definition) is 4. The van der Waals surface area contributed by atoms with Crippen LogP contribution >= 0.6 is 0 Å². The van der Waals surface area contributed by atoms with Gasteiger partial charge in [-0.3, -0.25) is 0 Å². The molecule has 70 valence electrons. The molecule has 0 fully saturated rings. The molecular weight excluding hydrogens is 166 g/mol. The van der Waals surface area contributed by atoms with Gasteiger partial charge in [0.25, 0.3) is 0 Å². The number of halogens is 1. The van der Waals surface area contributed by atoms with Gasteiger partial charge in [-0.05, 0) is 0 Å². The lowest BCUT2D eigenvalue weighted by Gasteiger charge is -2.24. The molecular formula is C6H12BFO4. The smallest absolute Gasteiger partial charge is 0.183 e. The fourth-order valence-electron chi connectivity index (χ4n) is 0.624. The van der Waals surface area contributed by atoms with E-state index in [0.717, 1.165) is 0 Å². The van der Waals surface area contributed by atoms with Crippen molar-refractivity contribution >= 4 is 7.85 Å². The first kappa shape index (κ1) is 11.8. The summed E-state index contributed by atoms with van der Waals surface area (Å²) in [6, 6.07) is 0. The second-order valence-corrected chi connectivity index (χ2v) is 2.32. The number of hydrogen-bond donors (Lipinski definition) is 2. The van der Waals surface area contributed by atoms with E-state index in [-0.39, 0.29) is 6.61 Å². The molecule has 0 amide bonds. The molecule has 2 radical (unpaired) electrons. The highest BCUT2D eigenvalue weighted by atomic mass is 19.2. The Balaban J connectivity index is 3.83. The van der Waals surface area contributed by atoms with Crippen LogP contribution in [-0.2, 0) is 9.47 Å². The van der Waals surface area contributed by atoms with Crippen LogP contribution in [-0.4, -0.2) is 56.8 Å². The molecule has 0 aromatic carbocycles. The van der Waals surface area contributed by atoms with Gasteiger partial charge in [-0.15, -0.1) is 0 Å². The average Bonchev–Trinajstić information content (AvgIpc) is 2.03. The summed E-state index contributed by atoms with van der Waals surface area (Å²) in [5, 5.41) is 17.0. The summed E-state index contributed by atoms with van der Waals surface area (Å²) >= 11 is 0. The molecule has 0 unspecified atom stereocenters. The van der Waals surface area contributed by atoms with Gasteiger partial charge in [0.05, 0.1) is 19.8 Å². The molecule has 0 aromatic heterocycles. The Labute approximate surface area is 71.7 Å². The Hall–Kier alpha value is -0.165. The zero-order chi connectivity index (χ0) is 9.61. The molecule has 0 spiro atoms. The Morgan fingerprint density at radius 3 is 2.50 bits per heavy atom. The van der Waals surface area contributed by atoms with E-state index in [1.54, 1.807) is 0 Å². The molecule has 0 aromatic rings. The molecule has 0 aliphatic carbocycles. The number of rotatable bonds is 6. The topological polar surface area (TPSA) is 58.9 Å². The highest BCUT2D eigenvalue weighted by Crippen LogP contribution is 2.10. The lowest BCUT2D eigenvalue weighted by atomic mass is 9.97. The third kappa shape index (κ3) is 4.66. The van der Waals surface area contributed by atoms with E-state index in [9.17, 15) is 4.39 Å². The van der Waals surface area contributed by atoms with Crippen LogP contribution in [0.25, 0.3) is 0 Å². The van der Waals surface area contributed by atoms with E-state index in [0.29, 0.717) is 0 Å². The molecule has 0 aliphatic rings. The molecule has 2 atom stereocenters. The Morgan fingerprint density at radius 1 is 1.58 bits per heavy atom. The van der Waals surface area contributed by atoms with E-state index >= 15 is 0 Å². The van der Waals surface area contributed by atoms with Crippen LogP contribution in [0.1, 0.15) is 0 Å². The summed E-state index contributed by atoms with van der Waals surface area (Å²) in [7, 11) is 6.19. The van der Waals surface area contributed by atoms with E-state index in [2.05, 4.69) is 9.47 Å². The molecule has 4 nitrogen and oxygen atoms in total. The maximum atomic E-state index is 12.7. The van der Waals surface area contributed by atoms with Crippen molar-refractivity contribution in [2.45, 2.75) is 11.9 Å². The van der Waals surface area contributed by atoms with Crippen LogP contribution < -0.4 is 0 Å². The summed E-state index contributed by atoms with van der Waals surface area (Å²) in [6.45, 7) is -1.37. The van der Waals surface area contributed by atoms with Crippen LogP contribution in [0.5, 0.6) is 0 Å². The quantitative estimate of drug-likeness (QED) is 0.501. The van der Waals surface area contributed by atoms with Gasteiger partial charge in [0, 0.05) is 7.11 Å². The summed E-state index contributed by atoms with van der Waals surface area (Å²) in [4.78, 5) is 0. The van der Waals surface area contributed by atoms with Crippen molar-refractivity contribution in [3.63, 3.8) is 0 Å². The Bertz CT molecular complexity index is 122. The second kappa shape index (κ2) is 5.48. The highest BCUT2D eigenvalue weighted by molar-refractivity contribution is 6.13. The molecule has 0 saturated heterocycles. The SMILES string of the molecule is [B][C@@](F)(CO)O[C@H](CO)COC. The van der Waals surface area contributed by atoms with Gasteiger partial charge in [-0.2, -0.15) is 0 Å².